The number of hydrogen-bond acceptors (Lipinski definition) is 3. The van der Waals surface area contributed by atoms with Crippen molar-refractivity contribution in [3.8, 4) is 0 Å². The second-order valence-corrected chi connectivity index (χ2v) is 5.33. The van der Waals surface area contributed by atoms with Gasteiger partial charge in [0.25, 0.3) is 5.56 Å². The second-order valence-electron chi connectivity index (χ2n) is 5.33. The van der Waals surface area contributed by atoms with E-state index in [0.717, 1.165) is 22.5 Å². The van der Waals surface area contributed by atoms with E-state index in [1.54, 1.807) is 0 Å². The van der Waals surface area contributed by atoms with Crippen molar-refractivity contribution in [3.63, 3.8) is 0 Å². The van der Waals surface area contributed by atoms with Gasteiger partial charge in [-0.1, -0.05) is 18.2 Å². The van der Waals surface area contributed by atoms with Gasteiger partial charge in [-0.3, -0.25) is 4.79 Å². The summed E-state index contributed by atoms with van der Waals surface area (Å²) in [7, 11) is 0. The number of furan rings is 1. The molecule has 4 nitrogen and oxygen atoms in total. The van der Waals surface area contributed by atoms with Crippen LogP contribution in [0, 0.1) is 13.8 Å². The number of rotatable bonds is 3. The summed E-state index contributed by atoms with van der Waals surface area (Å²) in [4.78, 5) is 15.0. The Morgan fingerprint density at radius 1 is 1.19 bits per heavy atom. The Morgan fingerprint density at radius 2 is 1.95 bits per heavy atom. The number of aromatic nitrogens is 1. The molecule has 0 bridgehead atoms. The maximum Gasteiger partial charge on any atom is 0.257 e. The number of fused-ring (bicyclic) bond motifs is 1. The SMILES string of the molecule is Cc1cc(C(C)Nc2cc3ccccc3c(=O)[nH]2)c(C)o1. The lowest BCUT2D eigenvalue weighted by atomic mass is 10.1. The van der Waals surface area contributed by atoms with Gasteiger partial charge in [0.2, 0.25) is 0 Å². The molecule has 1 aromatic carbocycles. The van der Waals surface area contributed by atoms with Crippen molar-refractivity contribution in [1.29, 1.82) is 0 Å². The molecular weight excluding hydrogens is 264 g/mol. The maximum absolute atomic E-state index is 12.1. The second kappa shape index (κ2) is 5.13. The molecule has 0 fully saturated rings. The molecule has 2 aromatic heterocycles. The number of benzene rings is 1. The summed E-state index contributed by atoms with van der Waals surface area (Å²) in [6, 6.07) is 11.6. The van der Waals surface area contributed by atoms with Crippen molar-refractivity contribution in [2.24, 2.45) is 0 Å². The minimum atomic E-state index is -0.0807. The zero-order valence-electron chi connectivity index (χ0n) is 12.4. The van der Waals surface area contributed by atoms with Crippen LogP contribution in [0.1, 0.15) is 30.0 Å². The summed E-state index contributed by atoms with van der Waals surface area (Å²) >= 11 is 0. The number of pyridine rings is 1. The first kappa shape index (κ1) is 13.5. The van der Waals surface area contributed by atoms with Crippen molar-refractivity contribution in [2.75, 3.05) is 5.32 Å². The number of anilines is 1. The number of aromatic amines is 1. The third-order valence-electron chi connectivity index (χ3n) is 3.67. The molecule has 0 saturated carbocycles. The molecule has 0 aliphatic rings. The highest BCUT2D eigenvalue weighted by Gasteiger charge is 2.13. The number of nitrogens with one attached hydrogen (secondary N) is 2. The van der Waals surface area contributed by atoms with Gasteiger partial charge >= 0.3 is 0 Å². The Kier molecular flexibility index (Phi) is 3.29. The summed E-state index contributed by atoms with van der Waals surface area (Å²) in [5, 5.41) is 4.96. The smallest absolute Gasteiger partial charge is 0.257 e. The summed E-state index contributed by atoms with van der Waals surface area (Å²) in [5.41, 5.74) is 1.02. The van der Waals surface area contributed by atoms with Gasteiger partial charge in [0.15, 0.2) is 0 Å². The van der Waals surface area contributed by atoms with Gasteiger partial charge in [-0.15, -0.1) is 0 Å². The summed E-state index contributed by atoms with van der Waals surface area (Å²) in [6.07, 6.45) is 0. The van der Waals surface area contributed by atoms with Crippen molar-refractivity contribution in [2.45, 2.75) is 26.8 Å². The van der Waals surface area contributed by atoms with Crippen LogP contribution in [0.3, 0.4) is 0 Å². The van der Waals surface area contributed by atoms with Crippen LogP contribution >= 0.6 is 0 Å². The predicted octanol–water partition coefficient (Wildman–Crippen LogP) is 3.91. The predicted molar refractivity (Wildman–Crippen MR) is 84.8 cm³/mol. The fourth-order valence-corrected chi connectivity index (χ4v) is 2.68. The van der Waals surface area contributed by atoms with Gasteiger partial charge in [-0.05, 0) is 44.4 Å². The van der Waals surface area contributed by atoms with E-state index in [4.69, 9.17) is 4.42 Å². The van der Waals surface area contributed by atoms with Crippen LogP contribution in [0.15, 0.2) is 45.6 Å². The lowest BCUT2D eigenvalue weighted by molar-refractivity contribution is 0.500. The molecule has 0 saturated heterocycles. The van der Waals surface area contributed by atoms with Crippen molar-refractivity contribution < 1.29 is 4.42 Å². The molecule has 0 aliphatic heterocycles. The van der Waals surface area contributed by atoms with E-state index in [9.17, 15) is 4.79 Å². The van der Waals surface area contributed by atoms with Gasteiger partial charge in [-0.2, -0.15) is 0 Å². The molecule has 2 heterocycles. The third kappa shape index (κ3) is 2.57. The highest BCUT2D eigenvalue weighted by Crippen LogP contribution is 2.24. The van der Waals surface area contributed by atoms with Crippen LogP contribution in [0.25, 0.3) is 10.8 Å². The molecule has 0 amide bonds. The third-order valence-corrected chi connectivity index (χ3v) is 3.67. The van der Waals surface area contributed by atoms with Crippen LogP contribution in [-0.2, 0) is 0 Å². The van der Waals surface area contributed by atoms with E-state index >= 15 is 0 Å². The molecule has 1 atom stereocenters. The van der Waals surface area contributed by atoms with Crippen LogP contribution in [0.4, 0.5) is 5.82 Å². The van der Waals surface area contributed by atoms with E-state index in [1.807, 2.05) is 57.2 Å². The highest BCUT2D eigenvalue weighted by atomic mass is 16.3. The highest BCUT2D eigenvalue weighted by molar-refractivity contribution is 5.83. The summed E-state index contributed by atoms with van der Waals surface area (Å²) in [6.45, 7) is 5.93. The molecule has 2 N–H and O–H groups in total. The van der Waals surface area contributed by atoms with Crippen molar-refractivity contribution in [3.05, 3.63) is 63.8 Å². The topological polar surface area (TPSA) is 58.0 Å². The van der Waals surface area contributed by atoms with E-state index in [1.165, 1.54) is 0 Å². The van der Waals surface area contributed by atoms with Crippen LogP contribution < -0.4 is 10.9 Å². The molecule has 0 spiro atoms. The van der Waals surface area contributed by atoms with E-state index in [0.29, 0.717) is 11.2 Å². The molecule has 1 unspecified atom stereocenters. The lowest BCUT2D eigenvalue weighted by Gasteiger charge is -2.14. The lowest BCUT2D eigenvalue weighted by Crippen LogP contribution is -2.13. The van der Waals surface area contributed by atoms with Crippen molar-refractivity contribution in [1.82, 2.24) is 4.98 Å². The molecule has 4 heteroatoms. The van der Waals surface area contributed by atoms with Gasteiger partial charge in [0, 0.05) is 10.9 Å². The largest absolute Gasteiger partial charge is 0.466 e. The van der Waals surface area contributed by atoms with Crippen molar-refractivity contribution >= 4 is 16.6 Å². The maximum atomic E-state index is 12.1. The quantitative estimate of drug-likeness (QED) is 0.765. The molecule has 108 valence electrons. The normalized spacial score (nSPS) is 12.5. The minimum absolute atomic E-state index is 0.0549. The summed E-state index contributed by atoms with van der Waals surface area (Å²) < 4.78 is 5.56. The Balaban J connectivity index is 1.95. The fourth-order valence-electron chi connectivity index (χ4n) is 2.68. The Bertz CT molecular complexity index is 845. The zero-order valence-corrected chi connectivity index (χ0v) is 12.4. The molecule has 21 heavy (non-hydrogen) atoms. The first-order chi connectivity index (χ1) is 10.0. The Morgan fingerprint density at radius 3 is 2.67 bits per heavy atom. The average Bonchev–Trinajstić information content (AvgIpc) is 2.78. The monoisotopic (exact) mass is 282 g/mol. The Hall–Kier alpha value is -2.49. The van der Waals surface area contributed by atoms with Gasteiger partial charge < -0.3 is 14.7 Å². The Labute approximate surface area is 122 Å². The van der Waals surface area contributed by atoms with E-state index < -0.39 is 0 Å². The zero-order chi connectivity index (χ0) is 15.0. The van der Waals surface area contributed by atoms with Gasteiger partial charge in [-0.25, -0.2) is 0 Å². The van der Waals surface area contributed by atoms with Crippen LogP contribution in [-0.4, -0.2) is 4.98 Å². The standard InChI is InChI=1S/C17H18N2O2/c1-10-8-15(12(3)21-10)11(2)18-16-9-13-6-4-5-7-14(13)17(20)19-16/h4-9,11H,1-3H3,(H2,18,19,20). The minimum Gasteiger partial charge on any atom is -0.466 e. The first-order valence-corrected chi connectivity index (χ1v) is 7.00. The van der Waals surface area contributed by atoms with Crippen LogP contribution in [0.5, 0.6) is 0 Å². The number of hydrogen-bond donors (Lipinski definition) is 2. The van der Waals surface area contributed by atoms with Crippen LogP contribution in [0.2, 0.25) is 0 Å². The van der Waals surface area contributed by atoms with E-state index in [-0.39, 0.29) is 11.6 Å². The average molecular weight is 282 g/mol. The summed E-state index contributed by atoms with van der Waals surface area (Å²) in [5.74, 6) is 2.50. The number of aryl methyl sites for hydroxylation is 2. The van der Waals surface area contributed by atoms with E-state index in [2.05, 4.69) is 10.3 Å². The molecule has 0 aliphatic carbocycles. The van der Waals surface area contributed by atoms with Gasteiger partial charge in [0.05, 0.1) is 6.04 Å². The first-order valence-electron chi connectivity index (χ1n) is 7.00. The number of H-pyrrole nitrogens is 1. The van der Waals surface area contributed by atoms with Gasteiger partial charge in [0.1, 0.15) is 17.3 Å². The molecule has 3 aromatic rings. The molecular formula is C17H18N2O2. The molecule has 0 radical (unpaired) electrons. The molecule has 3 rings (SSSR count). The fraction of sp³-hybridized carbons (Fsp3) is 0.235.